The van der Waals surface area contributed by atoms with Crippen molar-refractivity contribution < 1.29 is 0 Å². The minimum atomic E-state index is 0.541. The Hall–Kier alpha value is 0. The molecule has 2 fully saturated rings. The van der Waals surface area contributed by atoms with Gasteiger partial charge in [-0.15, -0.1) is 0 Å². The maximum absolute atomic E-state index is 2.45. The molecule has 2 aliphatic carbocycles. The van der Waals surface area contributed by atoms with Gasteiger partial charge in [-0.05, 0) is 40.4 Å². The summed E-state index contributed by atoms with van der Waals surface area (Å²) in [6, 6.07) is 0. The van der Waals surface area contributed by atoms with E-state index < -0.39 is 0 Å². The Balaban J connectivity index is 2.04. The van der Waals surface area contributed by atoms with Gasteiger partial charge >= 0.3 is 0 Å². The zero-order chi connectivity index (χ0) is 10.9. The first-order valence-electron chi connectivity index (χ1n) is 6.10. The fourth-order valence-corrected chi connectivity index (χ4v) is 3.90. The van der Waals surface area contributed by atoms with Crippen molar-refractivity contribution >= 4 is 0 Å². The number of hydrogen-bond donors (Lipinski definition) is 0. The van der Waals surface area contributed by atoms with E-state index in [0.29, 0.717) is 16.2 Å². The van der Waals surface area contributed by atoms with E-state index in [1.807, 2.05) is 0 Å². The van der Waals surface area contributed by atoms with Crippen LogP contribution in [0.1, 0.15) is 54.9 Å². The fourth-order valence-electron chi connectivity index (χ4n) is 3.90. The molecule has 2 unspecified atom stereocenters. The average Bonchev–Trinajstić information content (AvgIpc) is 2.71. The molecule has 0 saturated heterocycles. The zero-order valence-electron chi connectivity index (χ0n) is 10.9. The fraction of sp³-hybridized carbons (Fsp3) is 1.00. The molecule has 0 amide bonds. The third-order valence-electron chi connectivity index (χ3n) is 5.51. The largest absolute Gasteiger partial charge is 0.0599 e. The van der Waals surface area contributed by atoms with Crippen LogP contribution in [-0.4, -0.2) is 0 Å². The highest BCUT2D eigenvalue weighted by molar-refractivity contribution is 5.19. The minimum Gasteiger partial charge on any atom is -0.0599 e. The molecule has 2 saturated carbocycles. The van der Waals surface area contributed by atoms with Gasteiger partial charge in [0.05, 0.1) is 0 Å². The summed E-state index contributed by atoms with van der Waals surface area (Å²) in [5.74, 6) is 3.01. The first kappa shape index (κ1) is 10.5. The van der Waals surface area contributed by atoms with Crippen molar-refractivity contribution in [3.8, 4) is 0 Å². The molecule has 0 nitrogen and oxygen atoms in total. The summed E-state index contributed by atoms with van der Waals surface area (Å²) in [5, 5.41) is 0. The van der Waals surface area contributed by atoms with E-state index >= 15 is 0 Å². The van der Waals surface area contributed by atoms with Crippen LogP contribution >= 0.6 is 0 Å². The van der Waals surface area contributed by atoms with Gasteiger partial charge < -0.3 is 0 Å². The maximum atomic E-state index is 2.45. The van der Waals surface area contributed by atoms with Crippen LogP contribution in [-0.2, 0) is 0 Å². The maximum Gasteiger partial charge on any atom is -0.0264 e. The quantitative estimate of drug-likeness (QED) is 0.582. The second-order valence-corrected chi connectivity index (χ2v) is 7.79. The first-order valence-corrected chi connectivity index (χ1v) is 6.10. The van der Waals surface area contributed by atoms with E-state index in [1.165, 1.54) is 6.42 Å². The summed E-state index contributed by atoms with van der Waals surface area (Å²) >= 11 is 0. The third kappa shape index (κ3) is 1.19. The molecule has 0 bridgehead atoms. The van der Waals surface area contributed by atoms with E-state index in [0.717, 1.165) is 17.8 Å². The molecule has 0 heterocycles. The van der Waals surface area contributed by atoms with Gasteiger partial charge in [-0.25, -0.2) is 0 Å². The van der Waals surface area contributed by atoms with Crippen LogP contribution in [0.2, 0.25) is 0 Å². The van der Waals surface area contributed by atoms with Crippen LogP contribution in [0.15, 0.2) is 0 Å². The molecule has 0 radical (unpaired) electrons. The Morgan fingerprint density at radius 1 is 0.929 bits per heavy atom. The van der Waals surface area contributed by atoms with Crippen molar-refractivity contribution in [1.82, 2.24) is 0 Å². The highest BCUT2D eigenvalue weighted by Crippen LogP contribution is 2.77. The monoisotopic (exact) mass is 194 g/mol. The Morgan fingerprint density at radius 3 is 1.57 bits per heavy atom. The van der Waals surface area contributed by atoms with E-state index in [1.54, 1.807) is 0 Å². The lowest BCUT2D eigenvalue weighted by Crippen LogP contribution is -2.11. The smallest absolute Gasteiger partial charge is 0.0264 e. The Morgan fingerprint density at radius 2 is 1.36 bits per heavy atom. The van der Waals surface area contributed by atoms with Crippen LogP contribution in [0.25, 0.3) is 0 Å². The highest BCUT2D eigenvalue weighted by Gasteiger charge is 2.71. The zero-order valence-corrected chi connectivity index (χ0v) is 10.9. The van der Waals surface area contributed by atoms with Gasteiger partial charge in [0.15, 0.2) is 0 Å². The molecule has 82 valence electrons. The van der Waals surface area contributed by atoms with Gasteiger partial charge in [0.1, 0.15) is 0 Å². The summed E-state index contributed by atoms with van der Waals surface area (Å²) in [6.07, 6.45) is 1.49. The number of hydrogen-bond acceptors (Lipinski definition) is 0. The molecule has 0 aromatic heterocycles. The lowest BCUT2D eigenvalue weighted by Gasteiger charge is -2.18. The Kier molecular flexibility index (Phi) is 1.79. The normalized spacial score (nSPS) is 39.6. The first-order chi connectivity index (χ1) is 6.10. The van der Waals surface area contributed by atoms with Crippen LogP contribution in [0.5, 0.6) is 0 Å². The van der Waals surface area contributed by atoms with Crippen LogP contribution in [0.3, 0.4) is 0 Å². The Bertz CT molecular complexity index is 238. The van der Waals surface area contributed by atoms with E-state index in [4.69, 9.17) is 0 Å². The van der Waals surface area contributed by atoms with Gasteiger partial charge in [0.25, 0.3) is 0 Å². The molecule has 14 heavy (non-hydrogen) atoms. The summed E-state index contributed by atoms with van der Waals surface area (Å²) in [5.41, 5.74) is 1.73. The molecular weight excluding hydrogens is 168 g/mol. The number of rotatable bonds is 1. The summed E-state index contributed by atoms with van der Waals surface area (Å²) in [7, 11) is 0. The van der Waals surface area contributed by atoms with Crippen LogP contribution in [0, 0.1) is 34.0 Å². The van der Waals surface area contributed by atoms with Crippen molar-refractivity contribution in [1.29, 1.82) is 0 Å². The van der Waals surface area contributed by atoms with Crippen molar-refractivity contribution in [3.05, 3.63) is 0 Å². The standard InChI is InChI=1S/C14H26/c1-12(2,3)10-8-9(10)11-13(4,5)14(11,6)7/h9-11H,8H2,1-7H3. The van der Waals surface area contributed by atoms with Gasteiger partial charge in [-0.1, -0.05) is 48.5 Å². The average molecular weight is 194 g/mol. The summed E-state index contributed by atoms with van der Waals surface area (Å²) in [6.45, 7) is 17.0. The van der Waals surface area contributed by atoms with Gasteiger partial charge in [-0.3, -0.25) is 0 Å². The lowest BCUT2D eigenvalue weighted by molar-refractivity contribution is 0.310. The van der Waals surface area contributed by atoms with E-state index in [9.17, 15) is 0 Å². The summed E-state index contributed by atoms with van der Waals surface area (Å²) < 4.78 is 0. The van der Waals surface area contributed by atoms with Crippen molar-refractivity contribution in [2.75, 3.05) is 0 Å². The second kappa shape index (κ2) is 2.39. The minimum absolute atomic E-state index is 0.541. The SMILES string of the molecule is CC(C)(C)C1CC1C1C(C)(C)C1(C)C. The molecule has 2 aliphatic rings. The molecule has 2 rings (SSSR count). The highest BCUT2D eigenvalue weighted by atomic mass is 14.8. The molecule has 2 atom stereocenters. The van der Waals surface area contributed by atoms with Crippen molar-refractivity contribution in [3.63, 3.8) is 0 Å². The molecule has 0 heteroatoms. The molecule has 0 aliphatic heterocycles. The molecule has 0 aromatic rings. The second-order valence-electron chi connectivity index (χ2n) is 7.79. The predicted octanol–water partition coefficient (Wildman–Crippen LogP) is 4.35. The van der Waals surface area contributed by atoms with Crippen LogP contribution < -0.4 is 0 Å². The van der Waals surface area contributed by atoms with Crippen LogP contribution in [0.4, 0.5) is 0 Å². The van der Waals surface area contributed by atoms with Gasteiger partial charge in [0, 0.05) is 0 Å². The van der Waals surface area contributed by atoms with Crippen molar-refractivity contribution in [2.45, 2.75) is 54.9 Å². The molecule has 0 aromatic carbocycles. The van der Waals surface area contributed by atoms with Gasteiger partial charge in [0.2, 0.25) is 0 Å². The van der Waals surface area contributed by atoms with Crippen molar-refractivity contribution in [2.24, 2.45) is 34.0 Å². The lowest BCUT2D eigenvalue weighted by atomic mass is 9.87. The Labute approximate surface area is 89.5 Å². The van der Waals surface area contributed by atoms with E-state index in [2.05, 4.69) is 48.5 Å². The predicted molar refractivity (Wildman–Crippen MR) is 62.1 cm³/mol. The van der Waals surface area contributed by atoms with Gasteiger partial charge in [-0.2, -0.15) is 0 Å². The van der Waals surface area contributed by atoms with E-state index in [-0.39, 0.29) is 0 Å². The molecule has 0 N–H and O–H groups in total. The summed E-state index contributed by atoms with van der Waals surface area (Å²) in [4.78, 5) is 0. The molecular formula is C14H26. The third-order valence-corrected chi connectivity index (χ3v) is 5.51. The topological polar surface area (TPSA) is 0 Å². The molecule has 0 spiro atoms.